The molecule has 3 aromatic heterocycles. The Hall–Kier alpha value is -8.97. The normalized spacial score (nSPS) is 11.8. The van der Waals surface area contributed by atoms with E-state index in [-0.39, 0.29) is 0 Å². The Bertz CT molecular complexity index is 3860. The van der Waals surface area contributed by atoms with Gasteiger partial charge in [-0.3, -0.25) is 0 Å². The standard InChI is InChI=1S/C63H42N4OSi/c1-4-22-46(23-5-1)69(47-24-6-2-7-25-47,48-26-8-3-9-27-48)49-40-38-43(39-41-49)61-64-62(45-21-18-20-44(42-45)50-32-19-37-59-60(50)54-31-13-17-36-58(54)68-59)66-63(65-61)53-30-12-16-35-57(53)67-55-33-14-10-28-51(55)52-29-11-15-34-56(52)67/h1-42H. The number of hydrogen-bond donors (Lipinski definition) is 0. The molecule has 0 N–H and O–H groups in total. The Morgan fingerprint density at radius 3 is 1.43 bits per heavy atom. The molecular weight excluding hydrogens is 857 g/mol. The predicted octanol–water partition coefficient (Wildman–Crippen LogP) is 12.9. The second-order valence-corrected chi connectivity index (χ2v) is 21.3. The minimum Gasteiger partial charge on any atom is -0.456 e. The van der Waals surface area contributed by atoms with E-state index in [9.17, 15) is 0 Å². The molecule has 69 heavy (non-hydrogen) atoms. The number of para-hydroxylation sites is 4. The molecule has 0 atom stereocenters. The summed E-state index contributed by atoms with van der Waals surface area (Å²) in [5.74, 6) is 1.77. The number of nitrogens with zero attached hydrogens (tertiary/aromatic N) is 4. The summed E-state index contributed by atoms with van der Waals surface area (Å²) in [7, 11) is -2.77. The maximum Gasteiger partial charge on any atom is 0.179 e. The van der Waals surface area contributed by atoms with Gasteiger partial charge in [0.15, 0.2) is 25.5 Å². The second kappa shape index (κ2) is 16.7. The van der Waals surface area contributed by atoms with Gasteiger partial charge in [-0.15, -0.1) is 0 Å². The largest absolute Gasteiger partial charge is 0.456 e. The molecule has 0 radical (unpaired) electrons. The zero-order valence-electron chi connectivity index (χ0n) is 37.4. The Labute approximate surface area is 400 Å². The van der Waals surface area contributed by atoms with Crippen molar-refractivity contribution in [2.45, 2.75) is 0 Å². The zero-order valence-corrected chi connectivity index (χ0v) is 38.4. The van der Waals surface area contributed by atoms with Crippen LogP contribution in [0, 0.1) is 0 Å². The van der Waals surface area contributed by atoms with E-state index in [4.69, 9.17) is 19.4 Å². The Morgan fingerprint density at radius 2 is 0.783 bits per heavy atom. The van der Waals surface area contributed by atoms with Crippen LogP contribution in [0.5, 0.6) is 0 Å². The number of aromatic nitrogens is 4. The van der Waals surface area contributed by atoms with Crippen molar-refractivity contribution in [3.8, 4) is 51.0 Å². The molecule has 0 fully saturated rings. The molecule has 0 unspecified atom stereocenters. The van der Waals surface area contributed by atoms with Crippen LogP contribution in [0.15, 0.2) is 259 Å². The van der Waals surface area contributed by atoms with Crippen molar-refractivity contribution in [1.29, 1.82) is 0 Å². The molecule has 5 nitrogen and oxygen atoms in total. The van der Waals surface area contributed by atoms with Crippen molar-refractivity contribution >= 4 is 72.6 Å². The molecule has 10 aromatic carbocycles. The van der Waals surface area contributed by atoms with Gasteiger partial charge < -0.3 is 8.98 Å². The van der Waals surface area contributed by atoms with Crippen molar-refractivity contribution in [3.05, 3.63) is 255 Å². The van der Waals surface area contributed by atoms with Crippen LogP contribution < -0.4 is 20.7 Å². The summed E-state index contributed by atoms with van der Waals surface area (Å²) in [5.41, 5.74) is 9.78. The number of benzene rings is 10. The third-order valence-corrected chi connectivity index (χ3v) is 18.4. The number of fused-ring (bicyclic) bond motifs is 6. The third kappa shape index (κ3) is 6.72. The Morgan fingerprint density at radius 1 is 0.319 bits per heavy atom. The van der Waals surface area contributed by atoms with Crippen molar-refractivity contribution < 1.29 is 4.42 Å². The number of rotatable bonds is 9. The molecule has 3 heterocycles. The van der Waals surface area contributed by atoms with Crippen LogP contribution >= 0.6 is 0 Å². The van der Waals surface area contributed by atoms with E-state index in [2.05, 4.69) is 241 Å². The van der Waals surface area contributed by atoms with Gasteiger partial charge in [-0.25, -0.2) is 15.0 Å². The first-order chi connectivity index (χ1) is 34.2. The molecule has 0 saturated heterocycles. The molecule has 324 valence electrons. The maximum atomic E-state index is 6.33. The van der Waals surface area contributed by atoms with Gasteiger partial charge in [-0.1, -0.05) is 212 Å². The summed E-state index contributed by atoms with van der Waals surface area (Å²) in [6.45, 7) is 0. The van der Waals surface area contributed by atoms with Gasteiger partial charge in [-0.2, -0.15) is 0 Å². The fourth-order valence-electron chi connectivity index (χ4n) is 10.6. The highest BCUT2D eigenvalue weighted by Crippen LogP contribution is 2.39. The molecule has 0 aliphatic carbocycles. The summed E-state index contributed by atoms with van der Waals surface area (Å²) in [6, 6.07) is 90.8. The van der Waals surface area contributed by atoms with E-state index in [0.29, 0.717) is 17.5 Å². The van der Waals surface area contributed by atoms with Gasteiger partial charge in [0, 0.05) is 38.2 Å². The average Bonchev–Trinajstić information content (AvgIpc) is 3.98. The van der Waals surface area contributed by atoms with E-state index in [1.165, 1.54) is 31.5 Å². The topological polar surface area (TPSA) is 56.7 Å². The van der Waals surface area contributed by atoms with Crippen molar-refractivity contribution in [2.75, 3.05) is 0 Å². The molecule has 6 heteroatoms. The van der Waals surface area contributed by atoms with E-state index in [1.807, 2.05) is 18.2 Å². The van der Waals surface area contributed by atoms with Crippen LogP contribution in [0.4, 0.5) is 0 Å². The fraction of sp³-hybridized carbons (Fsp3) is 0. The monoisotopic (exact) mass is 898 g/mol. The van der Waals surface area contributed by atoms with Gasteiger partial charge in [0.25, 0.3) is 0 Å². The van der Waals surface area contributed by atoms with Gasteiger partial charge in [0.1, 0.15) is 11.2 Å². The van der Waals surface area contributed by atoms with Crippen molar-refractivity contribution in [3.63, 3.8) is 0 Å². The highest BCUT2D eigenvalue weighted by molar-refractivity contribution is 7.19. The SMILES string of the molecule is c1ccc([Si](c2ccccc2)(c2ccccc2)c2ccc(-c3nc(-c4cccc(-c5cccc6oc7ccccc7c56)c4)nc(-c4ccccc4-n4c5ccccc5c5ccccc54)n3)cc2)cc1. The lowest BCUT2D eigenvalue weighted by Gasteiger charge is -2.34. The van der Waals surface area contributed by atoms with Crippen molar-refractivity contribution in [2.24, 2.45) is 0 Å². The van der Waals surface area contributed by atoms with Crippen LogP contribution in [0.2, 0.25) is 0 Å². The van der Waals surface area contributed by atoms with Crippen LogP contribution in [0.3, 0.4) is 0 Å². The van der Waals surface area contributed by atoms with Crippen LogP contribution in [0.25, 0.3) is 94.7 Å². The third-order valence-electron chi connectivity index (χ3n) is 13.6. The summed E-state index contributed by atoms with van der Waals surface area (Å²) >= 11 is 0. The van der Waals surface area contributed by atoms with E-state index in [1.54, 1.807) is 0 Å². The lowest BCUT2D eigenvalue weighted by molar-refractivity contribution is 0.669. The minimum atomic E-state index is -2.77. The smallest absolute Gasteiger partial charge is 0.179 e. The van der Waals surface area contributed by atoms with E-state index in [0.717, 1.165) is 66.5 Å². The summed E-state index contributed by atoms with van der Waals surface area (Å²) in [6.07, 6.45) is 0. The Kier molecular flexibility index (Phi) is 9.77. The molecule has 0 amide bonds. The lowest BCUT2D eigenvalue weighted by Crippen LogP contribution is -2.74. The first kappa shape index (κ1) is 40.3. The maximum absolute atomic E-state index is 6.33. The summed E-state index contributed by atoms with van der Waals surface area (Å²) < 4.78 is 8.67. The zero-order chi connectivity index (χ0) is 45.7. The van der Waals surface area contributed by atoms with E-state index >= 15 is 0 Å². The van der Waals surface area contributed by atoms with Crippen LogP contribution in [-0.4, -0.2) is 27.6 Å². The molecule has 0 aliphatic heterocycles. The lowest BCUT2D eigenvalue weighted by atomic mass is 9.98. The first-order valence-electron chi connectivity index (χ1n) is 23.3. The van der Waals surface area contributed by atoms with Gasteiger partial charge in [0.05, 0.1) is 16.7 Å². The van der Waals surface area contributed by atoms with Gasteiger partial charge in [-0.05, 0) is 74.3 Å². The highest BCUT2D eigenvalue weighted by atomic mass is 28.3. The van der Waals surface area contributed by atoms with Gasteiger partial charge in [0.2, 0.25) is 0 Å². The first-order valence-corrected chi connectivity index (χ1v) is 25.3. The number of furan rings is 1. The molecule has 13 aromatic rings. The number of hydrogen-bond acceptors (Lipinski definition) is 4. The molecule has 13 rings (SSSR count). The van der Waals surface area contributed by atoms with Crippen molar-refractivity contribution in [1.82, 2.24) is 19.5 Å². The predicted molar refractivity (Wildman–Crippen MR) is 287 cm³/mol. The molecule has 0 spiro atoms. The molecule has 0 aliphatic rings. The van der Waals surface area contributed by atoms with Gasteiger partial charge >= 0.3 is 0 Å². The summed E-state index contributed by atoms with van der Waals surface area (Å²) in [5, 5.41) is 9.79. The Balaban J connectivity index is 1.02. The summed E-state index contributed by atoms with van der Waals surface area (Å²) in [4.78, 5) is 16.2. The molecule has 0 saturated carbocycles. The fourth-order valence-corrected chi connectivity index (χ4v) is 15.3. The van der Waals surface area contributed by atoms with Crippen LogP contribution in [0.1, 0.15) is 0 Å². The average molecular weight is 899 g/mol. The quantitative estimate of drug-likeness (QED) is 0.107. The highest BCUT2D eigenvalue weighted by Gasteiger charge is 2.41. The van der Waals surface area contributed by atoms with E-state index < -0.39 is 8.07 Å². The second-order valence-electron chi connectivity index (χ2n) is 17.5. The van der Waals surface area contributed by atoms with Crippen LogP contribution in [-0.2, 0) is 0 Å². The molecular formula is C63H42N4OSi. The minimum absolute atomic E-state index is 0.587. The molecule has 0 bridgehead atoms.